The van der Waals surface area contributed by atoms with Gasteiger partial charge in [0.1, 0.15) is 0 Å². The topological polar surface area (TPSA) is 34.9 Å². The van der Waals surface area contributed by atoms with Crippen molar-refractivity contribution >= 4 is 0 Å². The summed E-state index contributed by atoms with van der Waals surface area (Å²) in [5, 5.41) is 0. The van der Waals surface area contributed by atoms with Gasteiger partial charge in [-0.1, -0.05) is 60.2 Å². The Morgan fingerprint density at radius 1 is 0.862 bits per heavy atom. The highest BCUT2D eigenvalue weighted by atomic mass is 16.1. The number of rotatable bonds is 2. The predicted molar refractivity (Wildman–Crippen MR) is 118 cm³/mol. The summed E-state index contributed by atoms with van der Waals surface area (Å²) in [5.74, 6) is 0. The van der Waals surface area contributed by atoms with Crippen molar-refractivity contribution in [3.63, 3.8) is 0 Å². The van der Waals surface area contributed by atoms with Crippen LogP contribution in [-0.4, -0.2) is 9.55 Å². The number of nitrogens with zero attached hydrogens (tertiary/aromatic N) is 2. The molecule has 142 valence electrons. The molecule has 3 nitrogen and oxygen atoms in total. The Labute approximate surface area is 170 Å². The van der Waals surface area contributed by atoms with Gasteiger partial charge in [0.25, 0.3) is 5.56 Å². The van der Waals surface area contributed by atoms with E-state index in [0.717, 1.165) is 51.9 Å². The summed E-state index contributed by atoms with van der Waals surface area (Å²) in [6.07, 6.45) is 5.64. The van der Waals surface area contributed by atoms with Crippen LogP contribution >= 0.6 is 0 Å². The zero-order valence-electron chi connectivity index (χ0n) is 16.4. The van der Waals surface area contributed by atoms with E-state index in [-0.39, 0.29) is 5.56 Å². The molecule has 2 aromatic carbocycles. The lowest BCUT2D eigenvalue weighted by atomic mass is 9.93. The van der Waals surface area contributed by atoms with Gasteiger partial charge in [-0.3, -0.25) is 9.78 Å². The molecular formula is C26H22N2O. The number of aryl methyl sites for hydroxylation is 2. The average Bonchev–Trinajstić information content (AvgIpc) is 2.95. The van der Waals surface area contributed by atoms with Crippen LogP contribution in [0.1, 0.15) is 17.5 Å². The van der Waals surface area contributed by atoms with Crippen molar-refractivity contribution in [1.82, 2.24) is 9.55 Å². The molecule has 1 aliphatic heterocycles. The normalized spacial score (nSPS) is 12.7. The summed E-state index contributed by atoms with van der Waals surface area (Å²) in [7, 11) is 0. The van der Waals surface area contributed by atoms with Crippen molar-refractivity contribution in [3.05, 3.63) is 101 Å². The fourth-order valence-electron chi connectivity index (χ4n) is 4.31. The second-order valence-electron chi connectivity index (χ2n) is 7.65. The molecule has 0 spiro atoms. The van der Waals surface area contributed by atoms with Crippen LogP contribution in [0.25, 0.3) is 33.5 Å². The maximum absolute atomic E-state index is 13.6. The lowest BCUT2D eigenvalue weighted by Crippen LogP contribution is -2.24. The maximum Gasteiger partial charge on any atom is 0.258 e. The van der Waals surface area contributed by atoms with Crippen molar-refractivity contribution in [3.8, 4) is 33.5 Å². The molecule has 0 saturated carbocycles. The predicted octanol–water partition coefficient (Wildman–Crippen LogP) is 5.50. The highest BCUT2D eigenvalue weighted by molar-refractivity contribution is 5.85. The van der Waals surface area contributed by atoms with Crippen molar-refractivity contribution in [1.29, 1.82) is 0 Å². The minimum Gasteiger partial charge on any atom is -0.307 e. The minimum absolute atomic E-state index is 0.0713. The zero-order valence-corrected chi connectivity index (χ0v) is 16.4. The number of pyridine rings is 2. The molecule has 4 aromatic rings. The summed E-state index contributed by atoms with van der Waals surface area (Å²) >= 11 is 0. The molecule has 0 N–H and O–H groups in total. The van der Waals surface area contributed by atoms with Crippen LogP contribution in [0.5, 0.6) is 0 Å². The van der Waals surface area contributed by atoms with E-state index in [2.05, 4.69) is 48.3 Å². The standard InChI is InChI=1S/C26H22N2O/c1-18-7-5-10-21(15-18)23-16-22(19-8-3-2-4-9-19)25-24-17-27-13-12-20(24)11-6-14-28(25)26(23)29/h2-5,7-10,12-13,15-17H,6,11,14H2,1H3. The maximum atomic E-state index is 13.6. The molecule has 1 aliphatic rings. The Morgan fingerprint density at radius 2 is 1.69 bits per heavy atom. The number of aromatic nitrogens is 2. The Balaban J connectivity index is 1.88. The molecule has 0 saturated heterocycles. The number of hydrogen-bond donors (Lipinski definition) is 0. The monoisotopic (exact) mass is 378 g/mol. The summed E-state index contributed by atoms with van der Waals surface area (Å²) in [6.45, 7) is 2.77. The van der Waals surface area contributed by atoms with E-state index in [9.17, 15) is 4.79 Å². The first-order valence-electron chi connectivity index (χ1n) is 10.1. The third-order valence-corrected chi connectivity index (χ3v) is 5.70. The van der Waals surface area contributed by atoms with Crippen LogP contribution in [0.4, 0.5) is 0 Å². The molecule has 29 heavy (non-hydrogen) atoms. The Hall–Kier alpha value is -3.46. The molecule has 0 unspecified atom stereocenters. The third kappa shape index (κ3) is 3.09. The van der Waals surface area contributed by atoms with Gasteiger partial charge in [0, 0.05) is 35.6 Å². The average molecular weight is 378 g/mol. The van der Waals surface area contributed by atoms with Gasteiger partial charge in [0.05, 0.1) is 5.69 Å². The van der Waals surface area contributed by atoms with Gasteiger partial charge in [-0.05, 0) is 48.6 Å². The van der Waals surface area contributed by atoms with E-state index in [1.807, 2.05) is 47.3 Å². The molecule has 2 aromatic heterocycles. The Morgan fingerprint density at radius 3 is 2.52 bits per heavy atom. The molecule has 5 rings (SSSR count). The van der Waals surface area contributed by atoms with Gasteiger partial charge < -0.3 is 4.57 Å². The highest BCUT2D eigenvalue weighted by Crippen LogP contribution is 2.37. The van der Waals surface area contributed by atoms with Gasteiger partial charge in [0.15, 0.2) is 0 Å². The van der Waals surface area contributed by atoms with Crippen LogP contribution in [0, 0.1) is 6.92 Å². The smallest absolute Gasteiger partial charge is 0.258 e. The first-order valence-corrected chi connectivity index (χ1v) is 10.1. The fourth-order valence-corrected chi connectivity index (χ4v) is 4.31. The van der Waals surface area contributed by atoms with E-state index < -0.39 is 0 Å². The van der Waals surface area contributed by atoms with E-state index in [0.29, 0.717) is 6.54 Å². The van der Waals surface area contributed by atoms with Crippen LogP contribution in [0.2, 0.25) is 0 Å². The summed E-state index contributed by atoms with van der Waals surface area (Å²) in [5.41, 5.74) is 8.45. The third-order valence-electron chi connectivity index (χ3n) is 5.70. The molecule has 0 radical (unpaired) electrons. The van der Waals surface area contributed by atoms with Gasteiger partial charge in [-0.15, -0.1) is 0 Å². The summed E-state index contributed by atoms with van der Waals surface area (Å²) in [6, 6.07) is 22.7. The molecule has 0 bridgehead atoms. The van der Waals surface area contributed by atoms with Crippen molar-refractivity contribution in [2.24, 2.45) is 0 Å². The largest absolute Gasteiger partial charge is 0.307 e. The first-order chi connectivity index (χ1) is 14.2. The lowest BCUT2D eigenvalue weighted by Gasteiger charge is -2.19. The molecule has 0 fully saturated rings. The van der Waals surface area contributed by atoms with E-state index in [1.54, 1.807) is 0 Å². The molecular weight excluding hydrogens is 356 g/mol. The van der Waals surface area contributed by atoms with E-state index in [4.69, 9.17) is 0 Å². The quantitative estimate of drug-likeness (QED) is 0.462. The zero-order chi connectivity index (χ0) is 19.8. The van der Waals surface area contributed by atoms with Crippen molar-refractivity contribution in [2.75, 3.05) is 0 Å². The van der Waals surface area contributed by atoms with Crippen molar-refractivity contribution in [2.45, 2.75) is 26.3 Å². The number of fused-ring (bicyclic) bond motifs is 3. The highest BCUT2D eigenvalue weighted by Gasteiger charge is 2.22. The SMILES string of the molecule is Cc1cccc(-c2cc(-c3ccccc3)c3n(c2=O)CCCc2ccncc2-3)c1. The van der Waals surface area contributed by atoms with Crippen molar-refractivity contribution < 1.29 is 0 Å². The van der Waals surface area contributed by atoms with Crippen LogP contribution in [-0.2, 0) is 13.0 Å². The van der Waals surface area contributed by atoms with E-state index in [1.165, 1.54) is 5.56 Å². The lowest BCUT2D eigenvalue weighted by molar-refractivity contribution is 0.642. The molecule has 0 atom stereocenters. The summed E-state index contributed by atoms with van der Waals surface area (Å²) < 4.78 is 1.97. The van der Waals surface area contributed by atoms with Crippen LogP contribution in [0.15, 0.2) is 83.9 Å². The Bertz CT molecular complexity index is 1260. The van der Waals surface area contributed by atoms with E-state index >= 15 is 0 Å². The van der Waals surface area contributed by atoms with Crippen LogP contribution < -0.4 is 5.56 Å². The second kappa shape index (κ2) is 7.17. The fraction of sp³-hybridized carbons (Fsp3) is 0.154. The molecule has 0 amide bonds. The molecule has 3 heteroatoms. The first kappa shape index (κ1) is 17.6. The van der Waals surface area contributed by atoms with Gasteiger partial charge in [-0.2, -0.15) is 0 Å². The number of benzene rings is 2. The van der Waals surface area contributed by atoms with Gasteiger partial charge in [-0.25, -0.2) is 0 Å². The van der Waals surface area contributed by atoms with Crippen LogP contribution in [0.3, 0.4) is 0 Å². The van der Waals surface area contributed by atoms with Gasteiger partial charge in [0.2, 0.25) is 0 Å². The molecule has 0 aliphatic carbocycles. The number of hydrogen-bond acceptors (Lipinski definition) is 2. The summed E-state index contributed by atoms with van der Waals surface area (Å²) in [4.78, 5) is 18.0. The Kier molecular flexibility index (Phi) is 4.36. The molecule has 3 heterocycles. The second-order valence-corrected chi connectivity index (χ2v) is 7.65. The van der Waals surface area contributed by atoms with Gasteiger partial charge >= 0.3 is 0 Å². The minimum atomic E-state index is 0.0713.